The lowest BCUT2D eigenvalue weighted by atomic mass is 10.1. The number of rotatable bonds is 4. The summed E-state index contributed by atoms with van der Waals surface area (Å²) in [6, 6.07) is -0.0112. The first-order valence-electron chi connectivity index (χ1n) is 5.23. The van der Waals surface area contributed by atoms with E-state index in [-0.39, 0.29) is 6.04 Å². The van der Waals surface area contributed by atoms with Gasteiger partial charge in [0.25, 0.3) is 0 Å². The Morgan fingerprint density at radius 1 is 1.57 bits per heavy atom. The zero-order valence-corrected chi connectivity index (χ0v) is 8.90. The molecule has 0 bridgehead atoms. The van der Waals surface area contributed by atoms with E-state index in [2.05, 4.69) is 0 Å². The Hall–Kier alpha value is -0.610. The third-order valence-corrected chi connectivity index (χ3v) is 2.88. The summed E-state index contributed by atoms with van der Waals surface area (Å²) in [4.78, 5) is 12.9. The van der Waals surface area contributed by atoms with Gasteiger partial charge in [-0.1, -0.05) is 6.92 Å². The monoisotopic (exact) mass is 201 g/mol. The quantitative estimate of drug-likeness (QED) is 0.736. The van der Waals surface area contributed by atoms with Gasteiger partial charge in [-0.25, -0.2) is 0 Å². The van der Waals surface area contributed by atoms with Crippen LogP contribution in [-0.2, 0) is 9.53 Å². The highest BCUT2D eigenvalue weighted by Crippen LogP contribution is 2.16. The third kappa shape index (κ3) is 2.69. The Labute approximate surface area is 84.8 Å². The molecule has 0 saturated carbocycles. The zero-order valence-electron chi connectivity index (χ0n) is 8.90. The van der Waals surface area contributed by atoms with Crippen LogP contribution in [0.2, 0.25) is 0 Å². The summed E-state index contributed by atoms with van der Waals surface area (Å²) in [6.45, 7) is 6.06. The standard InChI is InChI=1S/C10H19NO3/c1-3-11(8(2)10(12)13)9-4-6-14-7-5-9/h8-9H,3-7H2,1-2H3,(H,12,13)/t8-/m0/s1. The normalized spacial score (nSPS) is 21.1. The average molecular weight is 201 g/mol. The zero-order chi connectivity index (χ0) is 10.6. The van der Waals surface area contributed by atoms with Gasteiger partial charge < -0.3 is 9.84 Å². The van der Waals surface area contributed by atoms with Crippen molar-refractivity contribution in [2.75, 3.05) is 19.8 Å². The number of ether oxygens (including phenoxy) is 1. The van der Waals surface area contributed by atoms with Gasteiger partial charge in [0.05, 0.1) is 0 Å². The number of likely N-dealkylation sites (N-methyl/N-ethyl adjacent to an activating group) is 1. The molecule has 1 saturated heterocycles. The molecule has 0 aromatic carbocycles. The number of hydrogen-bond donors (Lipinski definition) is 1. The minimum Gasteiger partial charge on any atom is -0.480 e. The minimum atomic E-state index is -0.738. The molecule has 1 aliphatic heterocycles. The second kappa shape index (κ2) is 5.32. The molecular formula is C10H19NO3. The van der Waals surface area contributed by atoms with Gasteiger partial charge in [-0.05, 0) is 26.3 Å². The van der Waals surface area contributed by atoms with E-state index < -0.39 is 5.97 Å². The largest absolute Gasteiger partial charge is 0.480 e. The van der Waals surface area contributed by atoms with E-state index in [1.54, 1.807) is 6.92 Å². The fourth-order valence-electron chi connectivity index (χ4n) is 2.01. The summed E-state index contributed by atoms with van der Waals surface area (Å²) >= 11 is 0. The molecule has 82 valence electrons. The topological polar surface area (TPSA) is 49.8 Å². The first-order valence-corrected chi connectivity index (χ1v) is 5.23. The van der Waals surface area contributed by atoms with E-state index in [1.807, 2.05) is 11.8 Å². The van der Waals surface area contributed by atoms with Crippen molar-refractivity contribution in [3.63, 3.8) is 0 Å². The molecule has 1 N–H and O–H groups in total. The molecule has 0 radical (unpaired) electrons. The molecule has 1 fully saturated rings. The van der Waals surface area contributed by atoms with E-state index in [0.29, 0.717) is 6.04 Å². The van der Waals surface area contributed by atoms with Gasteiger partial charge in [0.1, 0.15) is 6.04 Å². The smallest absolute Gasteiger partial charge is 0.320 e. The van der Waals surface area contributed by atoms with Crippen LogP contribution in [-0.4, -0.2) is 47.8 Å². The SMILES string of the molecule is CCN(C1CCOCC1)[C@@H](C)C(=O)O. The van der Waals surface area contributed by atoms with Gasteiger partial charge in [-0.15, -0.1) is 0 Å². The maximum absolute atomic E-state index is 10.9. The van der Waals surface area contributed by atoms with Crippen LogP contribution in [0.1, 0.15) is 26.7 Å². The molecule has 0 aromatic rings. The number of aliphatic carboxylic acids is 1. The Kier molecular flexibility index (Phi) is 4.35. The summed E-state index contributed by atoms with van der Waals surface area (Å²) in [7, 11) is 0. The Bertz CT molecular complexity index is 190. The van der Waals surface area contributed by atoms with Crippen LogP contribution in [0.4, 0.5) is 0 Å². The Balaban J connectivity index is 2.55. The maximum Gasteiger partial charge on any atom is 0.320 e. The Morgan fingerprint density at radius 3 is 2.57 bits per heavy atom. The molecule has 14 heavy (non-hydrogen) atoms. The molecule has 4 heteroatoms. The lowest BCUT2D eigenvalue weighted by Crippen LogP contribution is -2.47. The highest BCUT2D eigenvalue weighted by Gasteiger charge is 2.27. The number of nitrogens with zero attached hydrogens (tertiary/aromatic N) is 1. The lowest BCUT2D eigenvalue weighted by molar-refractivity contribution is -0.144. The number of carboxylic acids is 1. The summed E-state index contributed by atoms with van der Waals surface area (Å²) in [5.41, 5.74) is 0. The first-order chi connectivity index (χ1) is 6.66. The number of carbonyl (C=O) groups is 1. The fraction of sp³-hybridized carbons (Fsp3) is 0.900. The highest BCUT2D eigenvalue weighted by molar-refractivity contribution is 5.72. The maximum atomic E-state index is 10.9. The van der Waals surface area contributed by atoms with Crippen LogP contribution in [0.5, 0.6) is 0 Å². The second-order valence-electron chi connectivity index (χ2n) is 3.69. The molecule has 1 rings (SSSR count). The van der Waals surface area contributed by atoms with Crippen LogP contribution in [0.25, 0.3) is 0 Å². The average Bonchev–Trinajstić information content (AvgIpc) is 2.20. The molecule has 1 aliphatic rings. The van der Waals surface area contributed by atoms with E-state index in [9.17, 15) is 4.79 Å². The molecule has 0 unspecified atom stereocenters. The van der Waals surface area contributed by atoms with Crippen LogP contribution in [0.15, 0.2) is 0 Å². The highest BCUT2D eigenvalue weighted by atomic mass is 16.5. The van der Waals surface area contributed by atoms with Gasteiger partial charge in [0.15, 0.2) is 0 Å². The predicted molar refractivity (Wildman–Crippen MR) is 53.3 cm³/mol. The molecule has 1 atom stereocenters. The van der Waals surface area contributed by atoms with Crippen molar-refractivity contribution in [3.8, 4) is 0 Å². The molecule has 0 spiro atoms. The summed E-state index contributed by atoms with van der Waals surface area (Å²) < 4.78 is 5.26. The van der Waals surface area contributed by atoms with E-state index >= 15 is 0 Å². The summed E-state index contributed by atoms with van der Waals surface area (Å²) in [6.07, 6.45) is 1.90. The lowest BCUT2D eigenvalue weighted by Gasteiger charge is -2.35. The van der Waals surface area contributed by atoms with Gasteiger partial charge >= 0.3 is 5.97 Å². The van der Waals surface area contributed by atoms with E-state index in [1.165, 1.54) is 0 Å². The summed E-state index contributed by atoms with van der Waals surface area (Å²) in [5, 5.41) is 8.94. The second-order valence-corrected chi connectivity index (χ2v) is 3.69. The van der Waals surface area contributed by atoms with Gasteiger partial charge in [0.2, 0.25) is 0 Å². The number of hydrogen-bond acceptors (Lipinski definition) is 3. The van der Waals surface area contributed by atoms with Gasteiger partial charge in [0, 0.05) is 19.3 Å². The minimum absolute atomic E-state index is 0.375. The van der Waals surface area contributed by atoms with Crippen molar-refractivity contribution in [1.29, 1.82) is 0 Å². The van der Waals surface area contributed by atoms with Crippen molar-refractivity contribution in [2.45, 2.75) is 38.8 Å². The van der Waals surface area contributed by atoms with Crippen LogP contribution >= 0.6 is 0 Å². The van der Waals surface area contributed by atoms with Crippen molar-refractivity contribution < 1.29 is 14.6 Å². The third-order valence-electron chi connectivity index (χ3n) is 2.88. The van der Waals surface area contributed by atoms with E-state index in [0.717, 1.165) is 32.6 Å². The predicted octanol–water partition coefficient (Wildman–Crippen LogP) is 0.960. The molecular weight excluding hydrogens is 182 g/mol. The molecule has 1 heterocycles. The number of carboxylic acid groups (broad SMARTS) is 1. The molecule has 4 nitrogen and oxygen atoms in total. The van der Waals surface area contributed by atoms with Gasteiger partial charge in [-0.2, -0.15) is 0 Å². The van der Waals surface area contributed by atoms with Gasteiger partial charge in [-0.3, -0.25) is 9.69 Å². The molecule has 0 amide bonds. The molecule has 0 aromatic heterocycles. The van der Waals surface area contributed by atoms with Crippen molar-refractivity contribution in [2.24, 2.45) is 0 Å². The Morgan fingerprint density at radius 2 is 2.14 bits per heavy atom. The fourth-order valence-corrected chi connectivity index (χ4v) is 2.01. The van der Waals surface area contributed by atoms with Crippen LogP contribution in [0.3, 0.4) is 0 Å². The first kappa shape index (κ1) is 11.5. The van der Waals surface area contributed by atoms with Crippen molar-refractivity contribution >= 4 is 5.97 Å². The van der Waals surface area contributed by atoms with E-state index in [4.69, 9.17) is 9.84 Å². The summed E-state index contributed by atoms with van der Waals surface area (Å²) in [5.74, 6) is -0.738. The van der Waals surface area contributed by atoms with Crippen LogP contribution in [0, 0.1) is 0 Å². The van der Waals surface area contributed by atoms with Crippen molar-refractivity contribution in [1.82, 2.24) is 4.90 Å². The van der Waals surface area contributed by atoms with Crippen LogP contribution < -0.4 is 0 Å². The van der Waals surface area contributed by atoms with Crippen molar-refractivity contribution in [3.05, 3.63) is 0 Å². The molecule has 0 aliphatic carbocycles.